The standard InChI is InChI=1S/C15H18FNO3/c16-12-8-4-7-11(9-12)14(18)17-13(15(19)20)10-5-2-1-3-6-10/h4,7-10,13H,1-3,5-6H2,(H,17,18)(H,19,20)/t13-/m1/s1. The fraction of sp³-hybridized carbons (Fsp3) is 0.467. The first-order valence-electron chi connectivity index (χ1n) is 6.87. The van der Waals surface area contributed by atoms with Gasteiger partial charge in [-0.2, -0.15) is 0 Å². The third-order valence-corrected chi connectivity index (χ3v) is 3.76. The zero-order valence-corrected chi connectivity index (χ0v) is 11.1. The van der Waals surface area contributed by atoms with E-state index in [4.69, 9.17) is 0 Å². The van der Waals surface area contributed by atoms with Gasteiger partial charge in [0.25, 0.3) is 5.91 Å². The van der Waals surface area contributed by atoms with E-state index in [2.05, 4.69) is 5.32 Å². The average molecular weight is 279 g/mol. The fourth-order valence-electron chi connectivity index (χ4n) is 2.70. The summed E-state index contributed by atoms with van der Waals surface area (Å²) in [7, 11) is 0. The lowest BCUT2D eigenvalue weighted by Gasteiger charge is -2.28. The molecular formula is C15H18FNO3. The Morgan fingerprint density at radius 1 is 1.25 bits per heavy atom. The minimum absolute atomic E-state index is 0.0428. The number of carbonyl (C=O) groups is 2. The number of hydrogen-bond acceptors (Lipinski definition) is 2. The molecule has 1 aliphatic carbocycles. The van der Waals surface area contributed by atoms with Crippen molar-refractivity contribution in [1.82, 2.24) is 5.32 Å². The number of aliphatic carboxylic acids is 1. The lowest BCUT2D eigenvalue weighted by atomic mass is 9.84. The summed E-state index contributed by atoms with van der Waals surface area (Å²) in [6.07, 6.45) is 4.70. The molecule has 0 aliphatic heterocycles. The second-order valence-electron chi connectivity index (χ2n) is 5.20. The van der Waals surface area contributed by atoms with Crippen molar-refractivity contribution in [2.75, 3.05) is 0 Å². The van der Waals surface area contributed by atoms with Crippen LogP contribution in [0.3, 0.4) is 0 Å². The number of hydrogen-bond donors (Lipinski definition) is 2. The van der Waals surface area contributed by atoms with Gasteiger partial charge in [0.15, 0.2) is 0 Å². The maximum absolute atomic E-state index is 13.1. The van der Waals surface area contributed by atoms with Crippen LogP contribution in [0.5, 0.6) is 0 Å². The van der Waals surface area contributed by atoms with Gasteiger partial charge in [0.05, 0.1) is 0 Å². The number of carbonyl (C=O) groups excluding carboxylic acids is 1. The Hall–Kier alpha value is -1.91. The Morgan fingerprint density at radius 2 is 1.95 bits per heavy atom. The summed E-state index contributed by atoms with van der Waals surface area (Å²) in [5, 5.41) is 11.8. The normalized spacial score (nSPS) is 17.4. The molecule has 2 rings (SSSR count). The second-order valence-corrected chi connectivity index (χ2v) is 5.20. The molecule has 0 saturated heterocycles. The van der Waals surface area contributed by atoms with Gasteiger partial charge in [0.2, 0.25) is 0 Å². The lowest BCUT2D eigenvalue weighted by Crippen LogP contribution is -2.46. The summed E-state index contributed by atoms with van der Waals surface area (Å²) >= 11 is 0. The van der Waals surface area contributed by atoms with E-state index in [9.17, 15) is 19.1 Å². The molecule has 1 aliphatic rings. The highest BCUT2D eigenvalue weighted by molar-refractivity contribution is 5.96. The van der Waals surface area contributed by atoms with Gasteiger partial charge in [-0.3, -0.25) is 4.79 Å². The van der Waals surface area contributed by atoms with Crippen molar-refractivity contribution in [2.24, 2.45) is 5.92 Å². The molecule has 0 spiro atoms. The molecular weight excluding hydrogens is 261 g/mol. The van der Waals surface area contributed by atoms with E-state index in [-0.39, 0.29) is 11.5 Å². The first-order valence-corrected chi connectivity index (χ1v) is 6.87. The predicted octanol–water partition coefficient (Wildman–Crippen LogP) is 2.59. The molecule has 1 aromatic rings. The number of rotatable bonds is 4. The van der Waals surface area contributed by atoms with Crippen molar-refractivity contribution in [2.45, 2.75) is 38.1 Å². The van der Waals surface area contributed by atoms with Gasteiger partial charge in [-0.25, -0.2) is 9.18 Å². The smallest absolute Gasteiger partial charge is 0.326 e. The van der Waals surface area contributed by atoms with Crippen molar-refractivity contribution in [3.63, 3.8) is 0 Å². The van der Waals surface area contributed by atoms with Crippen LogP contribution in [0, 0.1) is 11.7 Å². The summed E-state index contributed by atoms with van der Waals surface area (Å²) in [5.41, 5.74) is 0.145. The highest BCUT2D eigenvalue weighted by Crippen LogP contribution is 2.26. The summed E-state index contributed by atoms with van der Waals surface area (Å²) in [5.74, 6) is -2.12. The van der Waals surface area contributed by atoms with E-state index in [1.165, 1.54) is 18.2 Å². The Balaban J connectivity index is 2.07. The molecule has 0 heterocycles. The van der Waals surface area contributed by atoms with E-state index < -0.39 is 23.7 Å². The number of halogens is 1. The largest absolute Gasteiger partial charge is 0.480 e. The lowest BCUT2D eigenvalue weighted by molar-refractivity contribution is -0.141. The SMILES string of the molecule is O=C(N[C@@H](C(=O)O)C1CCCCC1)c1cccc(F)c1. The third-order valence-electron chi connectivity index (χ3n) is 3.76. The number of carboxylic acids is 1. The molecule has 0 bridgehead atoms. The first-order chi connectivity index (χ1) is 9.58. The van der Waals surface area contributed by atoms with Crippen LogP contribution in [-0.2, 0) is 4.79 Å². The van der Waals surface area contributed by atoms with E-state index in [1.54, 1.807) is 0 Å². The molecule has 0 radical (unpaired) electrons. The number of benzene rings is 1. The topological polar surface area (TPSA) is 66.4 Å². The van der Waals surface area contributed by atoms with Crippen molar-refractivity contribution in [1.29, 1.82) is 0 Å². The van der Waals surface area contributed by atoms with Gasteiger partial charge in [0, 0.05) is 5.56 Å². The van der Waals surface area contributed by atoms with Crippen molar-refractivity contribution < 1.29 is 19.1 Å². The van der Waals surface area contributed by atoms with Crippen LogP contribution in [0.2, 0.25) is 0 Å². The molecule has 1 saturated carbocycles. The maximum atomic E-state index is 13.1. The monoisotopic (exact) mass is 279 g/mol. The Kier molecular flexibility index (Phi) is 4.71. The zero-order chi connectivity index (χ0) is 14.5. The number of amides is 1. The van der Waals surface area contributed by atoms with Gasteiger partial charge >= 0.3 is 5.97 Å². The van der Waals surface area contributed by atoms with Gasteiger partial charge in [-0.1, -0.05) is 25.3 Å². The molecule has 0 unspecified atom stereocenters. The predicted molar refractivity (Wildman–Crippen MR) is 71.9 cm³/mol. The van der Waals surface area contributed by atoms with Crippen LogP contribution in [0.25, 0.3) is 0 Å². The second kappa shape index (κ2) is 6.50. The van der Waals surface area contributed by atoms with Crippen LogP contribution in [0.15, 0.2) is 24.3 Å². The summed E-state index contributed by atoms with van der Waals surface area (Å²) in [4.78, 5) is 23.4. The van der Waals surface area contributed by atoms with E-state index in [0.717, 1.165) is 38.2 Å². The molecule has 1 amide bonds. The molecule has 1 atom stereocenters. The summed E-state index contributed by atoms with van der Waals surface area (Å²) in [6, 6.07) is 4.35. The van der Waals surface area contributed by atoms with Crippen molar-refractivity contribution in [3.8, 4) is 0 Å². The Bertz CT molecular complexity index is 498. The van der Waals surface area contributed by atoms with Crippen LogP contribution >= 0.6 is 0 Å². The zero-order valence-electron chi connectivity index (χ0n) is 11.1. The third kappa shape index (κ3) is 3.56. The van der Waals surface area contributed by atoms with Crippen LogP contribution in [-0.4, -0.2) is 23.0 Å². The van der Waals surface area contributed by atoms with Crippen LogP contribution in [0.1, 0.15) is 42.5 Å². The van der Waals surface area contributed by atoms with Crippen LogP contribution in [0.4, 0.5) is 4.39 Å². The molecule has 2 N–H and O–H groups in total. The van der Waals surface area contributed by atoms with Crippen molar-refractivity contribution >= 4 is 11.9 Å². The Labute approximate surface area is 117 Å². The molecule has 20 heavy (non-hydrogen) atoms. The van der Waals surface area contributed by atoms with Gasteiger partial charge < -0.3 is 10.4 Å². The van der Waals surface area contributed by atoms with Gasteiger partial charge in [0.1, 0.15) is 11.9 Å². The van der Waals surface area contributed by atoms with Gasteiger partial charge in [-0.15, -0.1) is 0 Å². The molecule has 5 heteroatoms. The molecule has 1 fully saturated rings. The number of nitrogens with one attached hydrogen (secondary N) is 1. The van der Waals surface area contributed by atoms with E-state index >= 15 is 0 Å². The molecule has 4 nitrogen and oxygen atoms in total. The molecule has 108 valence electrons. The number of carboxylic acid groups (broad SMARTS) is 1. The van der Waals surface area contributed by atoms with Crippen molar-refractivity contribution in [3.05, 3.63) is 35.6 Å². The maximum Gasteiger partial charge on any atom is 0.326 e. The fourth-order valence-corrected chi connectivity index (χ4v) is 2.70. The Morgan fingerprint density at radius 3 is 2.55 bits per heavy atom. The van der Waals surface area contributed by atoms with E-state index in [1.807, 2.05) is 0 Å². The average Bonchev–Trinajstić information content (AvgIpc) is 2.45. The van der Waals surface area contributed by atoms with E-state index in [0.29, 0.717) is 0 Å². The minimum atomic E-state index is -1.03. The first kappa shape index (κ1) is 14.5. The summed E-state index contributed by atoms with van der Waals surface area (Å²) in [6.45, 7) is 0. The molecule has 1 aromatic carbocycles. The minimum Gasteiger partial charge on any atom is -0.480 e. The van der Waals surface area contributed by atoms with Crippen LogP contribution < -0.4 is 5.32 Å². The summed E-state index contributed by atoms with van der Waals surface area (Å²) < 4.78 is 13.1. The highest BCUT2D eigenvalue weighted by Gasteiger charge is 2.30. The highest BCUT2D eigenvalue weighted by atomic mass is 19.1. The quantitative estimate of drug-likeness (QED) is 0.890. The van der Waals surface area contributed by atoms with Gasteiger partial charge in [-0.05, 0) is 37.0 Å². The molecule has 0 aromatic heterocycles.